The number of carbonyl (C=O) groups is 1. The third kappa shape index (κ3) is 2.72. The van der Waals surface area contributed by atoms with Gasteiger partial charge in [0.15, 0.2) is 0 Å². The molecule has 1 saturated carbocycles. The van der Waals surface area contributed by atoms with Crippen LogP contribution in [0.2, 0.25) is 0 Å². The highest BCUT2D eigenvalue weighted by Gasteiger charge is 2.36. The predicted molar refractivity (Wildman–Crippen MR) is 62.6 cm³/mol. The Labute approximate surface area is 95.0 Å². The van der Waals surface area contributed by atoms with Crippen molar-refractivity contribution in [1.82, 2.24) is 5.32 Å². The molecule has 0 aromatic carbocycles. The van der Waals surface area contributed by atoms with Crippen LogP contribution in [0.5, 0.6) is 0 Å². The highest BCUT2D eigenvalue weighted by atomic mass is 79.9. The van der Waals surface area contributed by atoms with E-state index in [4.69, 9.17) is 0 Å². The van der Waals surface area contributed by atoms with Crippen LogP contribution in [-0.2, 0) is 4.79 Å². The summed E-state index contributed by atoms with van der Waals surface area (Å²) in [7, 11) is 0. The first-order valence-electron chi connectivity index (χ1n) is 5.28. The van der Waals surface area contributed by atoms with E-state index in [1.54, 1.807) is 0 Å². The first kappa shape index (κ1) is 12.0. The highest BCUT2D eigenvalue weighted by molar-refractivity contribution is 9.09. The third-order valence-electron chi connectivity index (χ3n) is 2.88. The van der Waals surface area contributed by atoms with Crippen LogP contribution in [0.4, 0.5) is 0 Å². The van der Waals surface area contributed by atoms with Crippen molar-refractivity contribution in [3.05, 3.63) is 0 Å². The molecule has 0 spiro atoms. The third-order valence-corrected chi connectivity index (χ3v) is 3.95. The minimum absolute atomic E-state index is 0.0321. The molecule has 14 heavy (non-hydrogen) atoms. The van der Waals surface area contributed by atoms with Crippen LogP contribution in [0, 0.1) is 5.41 Å². The maximum Gasteiger partial charge on any atom is 0.225 e. The fourth-order valence-corrected chi connectivity index (χ4v) is 2.47. The van der Waals surface area contributed by atoms with E-state index in [2.05, 4.69) is 21.2 Å². The molecule has 0 aromatic rings. The van der Waals surface area contributed by atoms with Crippen LogP contribution in [0.3, 0.4) is 0 Å². The Bertz CT molecular complexity index is 214. The normalized spacial score (nSPS) is 20.9. The summed E-state index contributed by atoms with van der Waals surface area (Å²) in [5.74, 6) is 0.166. The monoisotopic (exact) mass is 261 g/mol. The van der Waals surface area contributed by atoms with Gasteiger partial charge in [0, 0.05) is 16.3 Å². The van der Waals surface area contributed by atoms with Crippen LogP contribution in [0.1, 0.15) is 46.5 Å². The van der Waals surface area contributed by atoms with E-state index in [9.17, 15) is 4.79 Å². The SMILES string of the molecule is CC(C)(C)C(=O)NC1(CBr)CCCC1. The van der Waals surface area contributed by atoms with Gasteiger partial charge in [-0.05, 0) is 12.8 Å². The predicted octanol–water partition coefficient (Wildman–Crippen LogP) is 2.86. The number of carbonyl (C=O) groups excluding carboxylic acids is 1. The first-order chi connectivity index (χ1) is 6.40. The molecule has 1 aliphatic carbocycles. The number of hydrogen-bond acceptors (Lipinski definition) is 1. The second kappa shape index (κ2) is 4.21. The van der Waals surface area contributed by atoms with Crippen LogP contribution in [-0.4, -0.2) is 16.8 Å². The van der Waals surface area contributed by atoms with E-state index in [0.29, 0.717) is 0 Å². The number of nitrogens with one attached hydrogen (secondary N) is 1. The molecule has 0 aliphatic heterocycles. The Morgan fingerprint density at radius 3 is 2.21 bits per heavy atom. The number of halogens is 1. The molecule has 0 unspecified atom stereocenters. The lowest BCUT2D eigenvalue weighted by atomic mass is 9.92. The highest BCUT2D eigenvalue weighted by Crippen LogP contribution is 2.32. The Kier molecular flexibility index (Phi) is 3.62. The van der Waals surface area contributed by atoms with Crippen molar-refractivity contribution in [3.8, 4) is 0 Å². The van der Waals surface area contributed by atoms with E-state index in [0.717, 1.165) is 18.2 Å². The van der Waals surface area contributed by atoms with Crippen molar-refractivity contribution in [1.29, 1.82) is 0 Å². The summed E-state index contributed by atoms with van der Waals surface area (Å²) in [5, 5.41) is 4.07. The molecular formula is C11H20BrNO. The van der Waals surface area contributed by atoms with Gasteiger partial charge in [0.05, 0.1) is 0 Å². The molecular weight excluding hydrogens is 242 g/mol. The van der Waals surface area contributed by atoms with Crippen molar-refractivity contribution < 1.29 is 4.79 Å². The van der Waals surface area contributed by atoms with Crippen molar-refractivity contribution in [2.75, 3.05) is 5.33 Å². The summed E-state index contributed by atoms with van der Waals surface area (Å²) in [6.07, 6.45) is 4.69. The number of amides is 1. The molecule has 2 nitrogen and oxygen atoms in total. The Morgan fingerprint density at radius 1 is 1.36 bits per heavy atom. The molecule has 3 heteroatoms. The fourth-order valence-electron chi connectivity index (χ4n) is 1.77. The Hall–Kier alpha value is -0.0500. The van der Waals surface area contributed by atoms with Crippen molar-refractivity contribution in [3.63, 3.8) is 0 Å². The smallest absolute Gasteiger partial charge is 0.225 e. The molecule has 0 aromatic heterocycles. The van der Waals surface area contributed by atoms with Crippen molar-refractivity contribution in [2.24, 2.45) is 5.41 Å². The van der Waals surface area contributed by atoms with E-state index in [1.165, 1.54) is 12.8 Å². The fraction of sp³-hybridized carbons (Fsp3) is 0.909. The van der Waals surface area contributed by atoms with Crippen LogP contribution in [0.25, 0.3) is 0 Å². The molecule has 1 rings (SSSR count). The summed E-state index contributed by atoms with van der Waals surface area (Å²) < 4.78 is 0. The quantitative estimate of drug-likeness (QED) is 0.762. The van der Waals surface area contributed by atoms with Crippen LogP contribution < -0.4 is 5.32 Å². The van der Waals surface area contributed by atoms with Gasteiger partial charge in [0.2, 0.25) is 5.91 Å². The lowest BCUT2D eigenvalue weighted by Gasteiger charge is -2.31. The molecule has 0 atom stereocenters. The van der Waals surface area contributed by atoms with E-state index in [1.807, 2.05) is 20.8 Å². The molecule has 1 N–H and O–H groups in total. The summed E-state index contributed by atoms with van der Waals surface area (Å²) in [6.45, 7) is 5.87. The Balaban J connectivity index is 2.61. The molecule has 0 bridgehead atoms. The molecule has 82 valence electrons. The molecule has 1 amide bonds. The topological polar surface area (TPSA) is 29.1 Å². The zero-order chi connectivity index (χ0) is 10.8. The first-order valence-corrected chi connectivity index (χ1v) is 6.40. The van der Waals surface area contributed by atoms with Gasteiger partial charge in [0.25, 0.3) is 0 Å². The maximum absolute atomic E-state index is 11.9. The van der Waals surface area contributed by atoms with Crippen molar-refractivity contribution >= 4 is 21.8 Å². The summed E-state index contributed by atoms with van der Waals surface area (Å²) in [4.78, 5) is 11.9. The number of rotatable bonds is 2. The molecule has 1 aliphatic rings. The van der Waals surface area contributed by atoms with Gasteiger partial charge in [-0.1, -0.05) is 49.5 Å². The van der Waals surface area contributed by atoms with Crippen LogP contribution in [0.15, 0.2) is 0 Å². The molecule has 0 saturated heterocycles. The standard InChI is InChI=1S/C11H20BrNO/c1-10(2,3)9(14)13-11(8-12)6-4-5-7-11/h4-8H2,1-3H3,(H,13,14). The van der Waals surface area contributed by atoms with Crippen molar-refractivity contribution in [2.45, 2.75) is 52.0 Å². The van der Waals surface area contributed by atoms with E-state index >= 15 is 0 Å². The molecule has 1 fully saturated rings. The average Bonchev–Trinajstić information content (AvgIpc) is 2.52. The molecule has 0 heterocycles. The second-order valence-electron chi connectivity index (χ2n) is 5.33. The number of alkyl halides is 1. The zero-order valence-corrected chi connectivity index (χ0v) is 10.9. The van der Waals surface area contributed by atoms with Gasteiger partial charge in [-0.3, -0.25) is 4.79 Å². The lowest BCUT2D eigenvalue weighted by molar-refractivity contribution is -0.130. The maximum atomic E-state index is 11.9. The summed E-state index contributed by atoms with van der Waals surface area (Å²) in [6, 6.07) is 0. The van der Waals surface area contributed by atoms with E-state index < -0.39 is 0 Å². The zero-order valence-electron chi connectivity index (χ0n) is 9.32. The summed E-state index contributed by atoms with van der Waals surface area (Å²) in [5.41, 5.74) is -0.248. The van der Waals surface area contributed by atoms with Gasteiger partial charge in [-0.2, -0.15) is 0 Å². The van der Waals surface area contributed by atoms with Gasteiger partial charge >= 0.3 is 0 Å². The van der Waals surface area contributed by atoms with E-state index in [-0.39, 0.29) is 16.9 Å². The number of hydrogen-bond donors (Lipinski definition) is 1. The van der Waals surface area contributed by atoms with Gasteiger partial charge < -0.3 is 5.32 Å². The Morgan fingerprint density at radius 2 is 1.86 bits per heavy atom. The average molecular weight is 262 g/mol. The molecule has 0 radical (unpaired) electrons. The van der Waals surface area contributed by atoms with Crippen LogP contribution >= 0.6 is 15.9 Å². The van der Waals surface area contributed by atoms with Gasteiger partial charge in [-0.25, -0.2) is 0 Å². The minimum Gasteiger partial charge on any atom is -0.349 e. The largest absolute Gasteiger partial charge is 0.349 e. The van der Waals surface area contributed by atoms with Gasteiger partial charge in [0.1, 0.15) is 0 Å². The summed E-state index contributed by atoms with van der Waals surface area (Å²) >= 11 is 3.51. The van der Waals surface area contributed by atoms with Gasteiger partial charge in [-0.15, -0.1) is 0 Å². The minimum atomic E-state index is -0.280. The lowest BCUT2D eigenvalue weighted by Crippen LogP contribution is -2.51. The second-order valence-corrected chi connectivity index (χ2v) is 5.89.